The molecule has 0 saturated heterocycles. The lowest BCUT2D eigenvalue weighted by Gasteiger charge is -2.06. The average molecular weight is 222 g/mol. The summed E-state index contributed by atoms with van der Waals surface area (Å²) in [6.45, 7) is 3.69. The van der Waals surface area contributed by atoms with Crippen molar-refractivity contribution in [1.82, 2.24) is 15.3 Å². The molecule has 1 aromatic heterocycles. The van der Waals surface area contributed by atoms with Crippen molar-refractivity contribution in [3.8, 4) is 0 Å². The molecule has 0 atom stereocenters. The van der Waals surface area contributed by atoms with Gasteiger partial charge in [-0.3, -0.25) is 4.79 Å². The summed E-state index contributed by atoms with van der Waals surface area (Å²) in [5.74, 6) is 1.39. The number of aromatic amines is 1. The van der Waals surface area contributed by atoms with E-state index in [9.17, 15) is 4.79 Å². The van der Waals surface area contributed by atoms with Crippen LogP contribution in [0.5, 0.6) is 0 Å². The predicted octanol–water partition coefficient (Wildman–Crippen LogP) is 0.496. The zero-order valence-electron chi connectivity index (χ0n) is 9.55. The van der Waals surface area contributed by atoms with Crippen LogP contribution in [0.2, 0.25) is 0 Å². The number of nitrogens with one attached hydrogen (secondary N) is 3. The monoisotopic (exact) mass is 222 g/mol. The molecule has 1 aliphatic rings. The molecule has 2 rings (SSSR count). The van der Waals surface area contributed by atoms with Crippen LogP contribution in [0.4, 0.5) is 5.82 Å². The molecule has 1 fully saturated rings. The molecule has 0 radical (unpaired) electrons. The fraction of sp³-hybridized carbons (Fsp3) is 0.636. The van der Waals surface area contributed by atoms with Crippen molar-refractivity contribution in [3.63, 3.8) is 0 Å². The van der Waals surface area contributed by atoms with Gasteiger partial charge in [0.15, 0.2) is 0 Å². The van der Waals surface area contributed by atoms with E-state index in [1.54, 1.807) is 0 Å². The molecule has 5 nitrogen and oxygen atoms in total. The number of aromatic nitrogens is 2. The maximum absolute atomic E-state index is 11.3. The Morgan fingerprint density at radius 2 is 2.31 bits per heavy atom. The first-order chi connectivity index (χ1) is 7.78. The third-order valence-electron chi connectivity index (χ3n) is 2.57. The number of hydrogen-bond donors (Lipinski definition) is 3. The van der Waals surface area contributed by atoms with Crippen LogP contribution < -0.4 is 16.2 Å². The first-order valence-corrected chi connectivity index (χ1v) is 5.85. The minimum absolute atomic E-state index is 0.0931. The van der Waals surface area contributed by atoms with Crippen molar-refractivity contribution in [2.45, 2.75) is 32.2 Å². The van der Waals surface area contributed by atoms with E-state index in [0.717, 1.165) is 31.4 Å². The molecule has 0 spiro atoms. The molecule has 0 aromatic carbocycles. The molecular formula is C11H18N4O. The van der Waals surface area contributed by atoms with E-state index in [2.05, 4.69) is 20.6 Å². The molecule has 3 N–H and O–H groups in total. The highest BCUT2D eigenvalue weighted by molar-refractivity contribution is 5.32. The fourth-order valence-corrected chi connectivity index (χ4v) is 1.52. The molecule has 88 valence electrons. The van der Waals surface area contributed by atoms with Gasteiger partial charge >= 0.3 is 0 Å². The molecule has 0 bridgehead atoms. The lowest BCUT2D eigenvalue weighted by molar-refractivity contribution is 0.700. The van der Waals surface area contributed by atoms with Gasteiger partial charge < -0.3 is 15.6 Å². The molecule has 0 amide bonds. The van der Waals surface area contributed by atoms with Crippen molar-refractivity contribution in [2.24, 2.45) is 0 Å². The zero-order valence-corrected chi connectivity index (χ0v) is 9.55. The van der Waals surface area contributed by atoms with E-state index in [-0.39, 0.29) is 5.56 Å². The van der Waals surface area contributed by atoms with Crippen molar-refractivity contribution in [1.29, 1.82) is 0 Å². The third-order valence-corrected chi connectivity index (χ3v) is 2.57. The van der Waals surface area contributed by atoms with Crippen LogP contribution in [0.3, 0.4) is 0 Å². The molecule has 1 aromatic rings. The molecule has 0 aliphatic heterocycles. The summed E-state index contributed by atoms with van der Waals surface area (Å²) in [6, 6.07) is 2.22. The van der Waals surface area contributed by atoms with Crippen LogP contribution >= 0.6 is 0 Å². The van der Waals surface area contributed by atoms with Crippen molar-refractivity contribution < 1.29 is 0 Å². The minimum Gasteiger partial charge on any atom is -0.369 e. The van der Waals surface area contributed by atoms with Gasteiger partial charge in [-0.1, -0.05) is 6.92 Å². The van der Waals surface area contributed by atoms with Crippen LogP contribution in [0.1, 0.15) is 25.6 Å². The van der Waals surface area contributed by atoms with E-state index in [4.69, 9.17) is 0 Å². The van der Waals surface area contributed by atoms with Gasteiger partial charge in [0.2, 0.25) is 0 Å². The van der Waals surface area contributed by atoms with Gasteiger partial charge in [0.1, 0.15) is 11.6 Å². The largest absolute Gasteiger partial charge is 0.369 e. The van der Waals surface area contributed by atoms with Crippen LogP contribution in [-0.4, -0.2) is 29.1 Å². The van der Waals surface area contributed by atoms with Gasteiger partial charge in [0.05, 0.1) is 0 Å². The lowest BCUT2D eigenvalue weighted by atomic mass is 10.4. The SMILES string of the molecule is CCc1nc(NCCNC2CC2)cc(=O)[nH]1. The minimum atomic E-state index is -0.0931. The van der Waals surface area contributed by atoms with E-state index in [1.807, 2.05) is 6.92 Å². The van der Waals surface area contributed by atoms with Crippen molar-refractivity contribution in [3.05, 3.63) is 22.2 Å². The Hall–Kier alpha value is -1.36. The standard InChI is InChI=1S/C11H18N4O/c1-2-9-14-10(7-11(16)15-9)13-6-5-12-8-3-4-8/h7-8,12H,2-6H2,1H3,(H2,13,14,15,16). The topological polar surface area (TPSA) is 69.8 Å². The quantitative estimate of drug-likeness (QED) is 0.613. The Bertz CT molecular complexity index is 397. The van der Waals surface area contributed by atoms with Crippen molar-refractivity contribution >= 4 is 5.82 Å². The van der Waals surface area contributed by atoms with Gasteiger partial charge in [-0.15, -0.1) is 0 Å². The second-order valence-corrected chi connectivity index (χ2v) is 4.09. The molecule has 1 heterocycles. The second-order valence-electron chi connectivity index (χ2n) is 4.09. The van der Waals surface area contributed by atoms with Crippen molar-refractivity contribution in [2.75, 3.05) is 18.4 Å². The second kappa shape index (κ2) is 5.12. The van der Waals surface area contributed by atoms with E-state index in [0.29, 0.717) is 5.82 Å². The number of H-pyrrole nitrogens is 1. The number of hydrogen-bond acceptors (Lipinski definition) is 4. The van der Waals surface area contributed by atoms with Crippen LogP contribution in [0, 0.1) is 0 Å². The molecule has 5 heteroatoms. The highest BCUT2D eigenvalue weighted by atomic mass is 16.1. The fourth-order valence-electron chi connectivity index (χ4n) is 1.52. The molecule has 0 unspecified atom stereocenters. The van der Waals surface area contributed by atoms with Crippen LogP contribution in [0.15, 0.2) is 10.9 Å². The van der Waals surface area contributed by atoms with E-state index >= 15 is 0 Å². The number of nitrogens with zero attached hydrogens (tertiary/aromatic N) is 1. The number of rotatable bonds is 6. The summed E-state index contributed by atoms with van der Waals surface area (Å²) in [5.41, 5.74) is -0.0931. The molecule has 1 saturated carbocycles. The summed E-state index contributed by atoms with van der Waals surface area (Å²) < 4.78 is 0. The Morgan fingerprint density at radius 1 is 1.50 bits per heavy atom. The Labute approximate surface area is 94.7 Å². The maximum Gasteiger partial charge on any atom is 0.252 e. The summed E-state index contributed by atoms with van der Waals surface area (Å²) in [7, 11) is 0. The smallest absolute Gasteiger partial charge is 0.252 e. The predicted molar refractivity (Wildman–Crippen MR) is 63.8 cm³/mol. The Kier molecular flexibility index (Phi) is 3.56. The lowest BCUT2D eigenvalue weighted by Crippen LogP contribution is -2.25. The summed E-state index contributed by atoms with van der Waals surface area (Å²) in [6.07, 6.45) is 3.33. The summed E-state index contributed by atoms with van der Waals surface area (Å²) >= 11 is 0. The Balaban J connectivity index is 1.82. The number of aryl methyl sites for hydroxylation is 1. The highest BCUT2D eigenvalue weighted by Gasteiger charge is 2.19. The van der Waals surface area contributed by atoms with E-state index in [1.165, 1.54) is 18.9 Å². The highest BCUT2D eigenvalue weighted by Crippen LogP contribution is 2.17. The Morgan fingerprint density at radius 3 is 3.00 bits per heavy atom. The summed E-state index contributed by atoms with van der Waals surface area (Å²) in [4.78, 5) is 18.3. The maximum atomic E-state index is 11.3. The van der Waals surface area contributed by atoms with Gasteiger partial charge in [0, 0.05) is 31.6 Å². The first kappa shape index (κ1) is 11.1. The zero-order chi connectivity index (χ0) is 11.4. The third kappa shape index (κ3) is 3.34. The van der Waals surface area contributed by atoms with Gasteiger partial charge in [-0.25, -0.2) is 4.98 Å². The average Bonchev–Trinajstić information content (AvgIpc) is 3.07. The van der Waals surface area contributed by atoms with Gasteiger partial charge in [-0.05, 0) is 12.8 Å². The van der Waals surface area contributed by atoms with E-state index < -0.39 is 0 Å². The molecular weight excluding hydrogens is 204 g/mol. The summed E-state index contributed by atoms with van der Waals surface area (Å²) in [5, 5.41) is 6.54. The molecule has 1 aliphatic carbocycles. The number of anilines is 1. The van der Waals surface area contributed by atoms with Gasteiger partial charge in [-0.2, -0.15) is 0 Å². The molecule has 16 heavy (non-hydrogen) atoms. The van der Waals surface area contributed by atoms with Crippen LogP contribution in [0.25, 0.3) is 0 Å². The normalized spacial score (nSPS) is 15.1. The van der Waals surface area contributed by atoms with Crippen LogP contribution in [-0.2, 0) is 6.42 Å². The van der Waals surface area contributed by atoms with Gasteiger partial charge in [0.25, 0.3) is 5.56 Å². The first-order valence-electron chi connectivity index (χ1n) is 5.85.